The molecule has 0 amide bonds. The van der Waals surface area contributed by atoms with Crippen molar-refractivity contribution in [2.75, 3.05) is 6.54 Å². The van der Waals surface area contributed by atoms with Crippen LogP contribution >= 0.6 is 11.3 Å². The van der Waals surface area contributed by atoms with Gasteiger partial charge in [-0.2, -0.15) is 0 Å². The Balaban J connectivity index is 1.51. The van der Waals surface area contributed by atoms with Crippen LogP contribution in [0.3, 0.4) is 0 Å². The van der Waals surface area contributed by atoms with Crippen molar-refractivity contribution in [1.29, 1.82) is 0 Å². The Labute approximate surface area is 131 Å². The summed E-state index contributed by atoms with van der Waals surface area (Å²) in [6.45, 7) is 8.74. The minimum Gasteiger partial charge on any atom is -0.311 e. The van der Waals surface area contributed by atoms with E-state index in [-0.39, 0.29) is 0 Å². The number of hydrogen-bond donors (Lipinski definition) is 1. The molecule has 1 aliphatic carbocycles. The van der Waals surface area contributed by atoms with E-state index in [2.05, 4.69) is 41.7 Å². The van der Waals surface area contributed by atoms with Gasteiger partial charge in [0.15, 0.2) is 4.96 Å². The van der Waals surface area contributed by atoms with Crippen molar-refractivity contribution in [3.8, 4) is 0 Å². The van der Waals surface area contributed by atoms with Crippen LogP contribution in [0.2, 0.25) is 0 Å². The van der Waals surface area contributed by atoms with Crippen molar-refractivity contribution in [2.24, 2.45) is 11.8 Å². The summed E-state index contributed by atoms with van der Waals surface area (Å²) in [4.78, 5) is 7.11. The summed E-state index contributed by atoms with van der Waals surface area (Å²) < 4.78 is 2.25. The minimum atomic E-state index is 0.936. The molecule has 2 unspecified atom stereocenters. The van der Waals surface area contributed by atoms with Gasteiger partial charge in [0.05, 0.1) is 11.4 Å². The summed E-state index contributed by atoms with van der Waals surface area (Å²) in [5, 5.41) is 3.64. The minimum absolute atomic E-state index is 0.936. The average molecular weight is 305 g/mol. The molecule has 4 heteroatoms. The molecule has 2 atom stereocenters. The molecule has 3 rings (SSSR count). The first-order valence-electron chi connectivity index (χ1n) is 8.28. The maximum atomic E-state index is 4.65. The van der Waals surface area contributed by atoms with Crippen LogP contribution in [0.25, 0.3) is 4.96 Å². The number of nitrogens with zero attached hydrogens (tertiary/aromatic N) is 2. The van der Waals surface area contributed by atoms with Crippen LogP contribution in [0, 0.1) is 25.7 Å². The van der Waals surface area contributed by atoms with Crippen molar-refractivity contribution in [3.05, 3.63) is 22.5 Å². The third-order valence-corrected chi connectivity index (χ3v) is 5.71. The summed E-state index contributed by atoms with van der Waals surface area (Å²) in [7, 11) is 0. The zero-order valence-electron chi connectivity index (χ0n) is 13.5. The first-order chi connectivity index (χ1) is 10.1. The van der Waals surface area contributed by atoms with E-state index in [0.717, 1.165) is 29.9 Å². The fourth-order valence-electron chi connectivity index (χ4n) is 3.66. The lowest BCUT2D eigenvalue weighted by atomic mass is 9.81. The second-order valence-electron chi connectivity index (χ2n) is 6.74. The van der Waals surface area contributed by atoms with Gasteiger partial charge in [0, 0.05) is 17.6 Å². The van der Waals surface area contributed by atoms with Crippen LogP contribution in [0.15, 0.2) is 6.20 Å². The molecule has 0 spiro atoms. The van der Waals surface area contributed by atoms with Crippen LogP contribution in [-0.2, 0) is 6.54 Å². The fraction of sp³-hybridized carbons (Fsp3) is 0.706. The van der Waals surface area contributed by atoms with Gasteiger partial charge in [-0.3, -0.25) is 4.40 Å². The standard InChI is InChI=1S/C17H27N3S/c1-12-5-4-6-15(9-12)7-8-18-10-16-14(3)19-17-20(16)11-13(2)21-17/h11-12,15,18H,4-10H2,1-3H3. The molecule has 0 saturated heterocycles. The highest BCUT2D eigenvalue weighted by molar-refractivity contribution is 7.17. The molecule has 1 fully saturated rings. The number of aryl methyl sites for hydroxylation is 2. The molecule has 1 N–H and O–H groups in total. The average Bonchev–Trinajstić information content (AvgIpc) is 2.91. The molecule has 2 aromatic rings. The fourth-order valence-corrected chi connectivity index (χ4v) is 4.55. The third-order valence-electron chi connectivity index (χ3n) is 4.81. The Bertz CT molecular complexity index is 598. The lowest BCUT2D eigenvalue weighted by Gasteiger charge is -2.26. The predicted octanol–water partition coefficient (Wildman–Crippen LogP) is 4.32. The molecular formula is C17H27N3S. The number of nitrogens with one attached hydrogen (secondary N) is 1. The summed E-state index contributed by atoms with van der Waals surface area (Å²) in [6.07, 6.45) is 9.28. The Morgan fingerprint density at radius 3 is 3.05 bits per heavy atom. The van der Waals surface area contributed by atoms with Gasteiger partial charge >= 0.3 is 0 Å². The molecule has 0 aliphatic heterocycles. The number of fused-ring (bicyclic) bond motifs is 1. The molecule has 2 aromatic heterocycles. The van der Waals surface area contributed by atoms with E-state index in [1.54, 1.807) is 11.3 Å². The normalized spacial score (nSPS) is 23.0. The number of thiazole rings is 1. The molecule has 2 heterocycles. The maximum absolute atomic E-state index is 4.65. The van der Waals surface area contributed by atoms with Crippen molar-refractivity contribution >= 4 is 16.3 Å². The van der Waals surface area contributed by atoms with E-state index >= 15 is 0 Å². The van der Waals surface area contributed by atoms with Gasteiger partial charge in [0.1, 0.15) is 0 Å². The molecule has 0 aromatic carbocycles. The molecular weight excluding hydrogens is 278 g/mol. The third kappa shape index (κ3) is 3.49. The van der Waals surface area contributed by atoms with Crippen LogP contribution in [0.4, 0.5) is 0 Å². The van der Waals surface area contributed by atoms with Crippen molar-refractivity contribution in [2.45, 2.75) is 59.4 Å². The highest BCUT2D eigenvalue weighted by Crippen LogP contribution is 2.30. The quantitative estimate of drug-likeness (QED) is 0.834. The molecule has 0 radical (unpaired) electrons. The smallest absolute Gasteiger partial charge is 0.194 e. The van der Waals surface area contributed by atoms with Crippen molar-refractivity contribution in [1.82, 2.24) is 14.7 Å². The van der Waals surface area contributed by atoms with Crippen molar-refractivity contribution < 1.29 is 0 Å². The topological polar surface area (TPSA) is 29.3 Å². The SMILES string of the molecule is Cc1cn2c(CNCCC3CCCC(C)C3)c(C)nc2s1. The highest BCUT2D eigenvalue weighted by Gasteiger charge is 2.18. The van der Waals surface area contributed by atoms with E-state index in [1.807, 2.05) is 0 Å². The number of imidazole rings is 1. The van der Waals surface area contributed by atoms with Crippen LogP contribution in [0.1, 0.15) is 55.3 Å². The lowest BCUT2D eigenvalue weighted by Crippen LogP contribution is -2.21. The molecule has 0 bridgehead atoms. The number of aromatic nitrogens is 2. The zero-order chi connectivity index (χ0) is 14.8. The van der Waals surface area contributed by atoms with Crippen LogP contribution in [-0.4, -0.2) is 15.9 Å². The van der Waals surface area contributed by atoms with Gasteiger partial charge in [-0.15, -0.1) is 11.3 Å². The second-order valence-corrected chi connectivity index (χ2v) is 7.95. The largest absolute Gasteiger partial charge is 0.311 e. The summed E-state index contributed by atoms with van der Waals surface area (Å²) >= 11 is 1.77. The number of rotatable bonds is 5. The lowest BCUT2D eigenvalue weighted by molar-refractivity contribution is 0.267. The molecule has 1 aliphatic rings. The Hall–Kier alpha value is -0.870. The monoisotopic (exact) mass is 305 g/mol. The predicted molar refractivity (Wildman–Crippen MR) is 90.0 cm³/mol. The molecule has 116 valence electrons. The molecule has 3 nitrogen and oxygen atoms in total. The van der Waals surface area contributed by atoms with Crippen LogP contribution < -0.4 is 5.32 Å². The first kappa shape index (κ1) is 15.0. The Morgan fingerprint density at radius 2 is 2.24 bits per heavy atom. The van der Waals surface area contributed by atoms with Gasteiger partial charge < -0.3 is 5.32 Å². The van der Waals surface area contributed by atoms with Gasteiger partial charge in [-0.05, 0) is 45.1 Å². The molecule has 1 saturated carbocycles. The van der Waals surface area contributed by atoms with E-state index in [4.69, 9.17) is 0 Å². The van der Waals surface area contributed by atoms with Crippen molar-refractivity contribution in [3.63, 3.8) is 0 Å². The molecule has 21 heavy (non-hydrogen) atoms. The Morgan fingerprint density at radius 1 is 1.38 bits per heavy atom. The van der Waals surface area contributed by atoms with E-state index < -0.39 is 0 Å². The van der Waals surface area contributed by atoms with Gasteiger partial charge in [-0.1, -0.05) is 26.2 Å². The van der Waals surface area contributed by atoms with E-state index in [9.17, 15) is 0 Å². The Kier molecular flexibility index (Phi) is 4.65. The highest BCUT2D eigenvalue weighted by atomic mass is 32.1. The van der Waals surface area contributed by atoms with E-state index in [0.29, 0.717) is 0 Å². The first-order valence-corrected chi connectivity index (χ1v) is 9.10. The van der Waals surface area contributed by atoms with Gasteiger partial charge in [0.2, 0.25) is 0 Å². The summed E-state index contributed by atoms with van der Waals surface area (Å²) in [6, 6.07) is 0. The number of hydrogen-bond acceptors (Lipinski definition) is 3. The van der Waals surface area contributed by atoms with Gasteiger partial charge in [0.25, 0.3) is 0 Å². The summed E-state index contributed by atoms with van der Waals surface area (Å²) in [5.74, 6) is 1.88. The van der Waals surface area contributed by atoms with Crippen LogP contribution in [0.5, 0.6) is 0 Å². The van der Waals surface area contributed by atoms with E-state index in [1.165, 1.54) is 48.4 Å². The zero-order valence-corrected chi connectivity index (χ0v) is 14.3. The van der Waals surface area contributed by atoms with Gasteiger partial charge in [-0.25, -0.2) is 4.98 Å². The second kappa shape index (κ2) is 6.49. The maximum Gasteiger partial charge on any atom is 0.194 e. The summed E-state index contributed by atoms with van der Waals surface area (Å²) in [5.41, 5.74) is 2.49.